The van der Waals surface area contributed by atoms with E-state index in [1.54, 1.807) is 6.07 Å². The Balaban J connectivity index is 1.90. The molecule has 2 unspecified atom stereocenters. The summed E-state index contributed by atoms with van der Waals surface area (Å²) in [6, 6.07) is 5.63. The van der Waals surface area contributed by atoms with Crippen molar-refractivity contribution in [3.63, 3.8) is 0 Å². The van der Waals surface area contributed by atoms with Gasteiger partial charge in [0.25, 0.3) is 0 Å². The van der Waals surface area contributed by atoms with Gasteiger partial charge in [0.05, 0.1) is 0 Å². The fraction of sp³-hybridized carbons (Fsp3) is 0.467. The number of hydrogen-bond acceptors (Lipinski definition) is 1. The molecule has 1 heterocycles. The lowest BCUT2D eigenvalue weighted by Crippen LogP contribution is -2.26. The lowest BCUT2D eigenvalue weighted by molar-refractivity contribution is 0.288. The highest BCUT2D eigenvalue weighted by atomic mass is 19.1. The summed E-state index contributed by atoms with van der Waals surface area (Å²) < 4.78 is 13.3. The molecule has 1 fully saturated rings. The summed E-state index contributed by atoms with van der Waals surface area (Å²) in [5, 5.41) is 1.05. The van der Waals surface area contributed by atoms with Gasteiger partial charge in [0.15, 0.2) is 0 Å². The standard InChI is InChI=1S/C15H19FN2/c1-3-18(4-2)15-8-12(15)13-9-17-14-6-5-10(16)7-11(13)14/h5-7,9,12,15,17H,3-4,8H2,1-2H3. The normalized spacial score (nSPS) is 22.9. The van der Waals surface area contributed by atoms with Crippen LogP contribution in [-0.2, 0) is 0 Å². The Kier molecular flexibility index (Phi) is 2.86. The molecule has 0 bridgehead atoms. The highest BCUT2D eigenvalue weighted by molar-refractivity contribution is 5.84. The van der Waals surface area contributed by atoms with Gasteiger partial charge in [-0.2, -0.15) is 0 Å². The van der Waals surface area contributed by atoms with Gasteiger partial charge < -0.3 is 9.88 Å². The van der Waals surface area contributed by atoms with Crippen LogP contribution in [0.1, 0.15) is 31.7 Å². The Morgan fingerprint density at radius 2 is 2.11 bits per heavy atom. The van der Waals surface area contributed by atoms with Crippen molar-refractivity contribution in [3.8, 4) is 0 Å². The van der Waals surface area contributed by atoms with E-state index in [0.717, 1.165) is 24.0 Å². The van der Waals surface area contributed by atoms with Gasteiger partial charge >= 0.3 is 0 Å². The van der Waals surface area contributed by atoms with Crippen LogP contribution in [0.2, 0.25) is 0 Å². The van der Waals surface area contributed by atoms with Crippen LogP contribution in [0.3, 0.4) is 0 Å². The zero-order chi connectivity index (χ0) is 12.7. The number of fused-ring (bicyclic) bond motifs is 1. The summed E-state index contributed by atoms with van der Waals surface area (Å²) in [5.41, 5.74) is 2.32. The molecule has 1 aliphatic rings. The van der Waals surface area contributed by atoms with Crippen LogP contribution < -0.4 is 0 Å². The number of rotatable bonds is 4. The fourth-order valence-electron chi connectivity index (χ4n) is 3.03. The maximum atomic E-state index is 13.3. The zero-order valence-corrected chi connectivity index (χ0v) is 10.9. The molecule has 3 heteroatoms. The second-order valence-corrected chi connectivity index (χ2v) is 5.06. The minimum atomic E-state index is -0.150. The van der Waals surface area contributed by atoms with E-state index in [-0.39, 0.29) is 5.82 Å². The molecular formula is C15H19FN2. The predicted molar refractivity (Wildman–Crippen MR) is 72.3 cm³/mol. The first-order valence-electron chi connectivity index (χ1n) is 6.75. The Hall–Kier alpha value is -1.35. The Morgan fingerprint density at radius 1 is 1.33 bits per heavy atom. The van der Waals surface area contributed by atoms with Crippen molar-refractivity contribution >= 4 is 10.9 Å². The van der Waals surface area contributed by atoms with Gasteiger partial charge in [-0.05, 0) is 43.3 Å². The number of halogens is 1. The number of likely N-dealkylation sites (N-methyl/N-ethyl adjacent to an activating group) is 1. The van der Waals surface area contributed by atoms with Crippen LogP contribution in [0.15, 0.2) is 24.4 Å². The number of H-pyrrole nitrogens is 1. The summed E-state index contributed by atoms with van der Waals surface area (Å²) in [6.45, 7) is 6.59. The van der Waals surface area contributed by atoms with E-state index in [2.05, 4.69) is 29.9 Å². The van der Waals surface area contributed by atoms with Crippen LogP contribution in [0.4, 0.5) is 4.39 Å². The molecule has 1 saturated carbocycles. The SMILES string of the molecule is CCN(CC)C1CC1c1c[nH]c2ccc(F)cc12. The maximum absolute atomic E-state index is 13.3. The molecule has 0 saturated heterocycles. The van der Waals surface area contributed by atoms with Crippen LogP contribution in [0, 0.1) is 5.82 Å². The summed E-state index contributed by atoms with van der Waals surface area (Å²) in [6.07, 6.45) is 3.25. The van der Waals surface area contributed by atoms with Gasteiger partial charge in [0.1, 0.15) is 5.82 Å². The second kappa shape index (κ2) is 4.39. The number of aromatic amines is 1. The molecule has 0 radical (unpaired) electrons. The van der Waals surface area contributed by atoms with Crippen molar-refractivity contribution in [1.29, 1.82) is 0 Å². The molecule has 1 N–H and O–H groups in total. The van der Waals surface area contributed by atoms with E-state index in [1.165, 1.54) is 18.1 Å². The van der Waals surface area contributed by atoms with Gasteiger partial charge in [-0.1, -0.05) is 13.8 Å². The quantitative estimate of drug-likeness (QED) is 0.874. The molecule has 96 valence electrons. The highest BCUT2D eigenvalue weighted by Crippen LogP contribution is 2.46. The predicted octanol–water partition coefficient (Wildman–Crippen LogP) is 3.50. The van der Waals surface area contributed by atoms with Crippen molar-refractivity contribution in [1.82, 2.24) is 9.88 Å². The second-order valence-electron chi connectivity index (χ2n) is 5.06. The molecule has 3 rings (SSSR count). The minimum absolute atomic E-state index is 0.150. The third kappa shape index (κ3) is 1.83. The molecule has 1 aromatic heterocycles. The summed E-state index contributed by atoms with van der Waals surface area (Å²) in [5.74, 6) is 0.420. The van der Waals surface area contributed by atoms with Gasteiger partial charge in [0, 0.05) is 29.1 Å². The molecule has 0 aliphatic heterocycles. The van der Waals surface area contributed by atoms with E-state index in [4.69, 9.17) is 0 Å². The van der Waals surface area contributed by atoms with Crippen molar-refractivity contribution in [2.45, 2.75) is 32.2 Å². The smallest absolute Gasteiger partial charge is 0.123 e. The van der Waals surface area contributed by atoms with Crippen LogP contribution in [0.25, 0.3) is 10.9 Å². The number of aromatic nitrogens is 1. The van der Waals surface area contributed by atoms with Crippen LogP contribution in [-0.4, -0.2) is 29.0 Å². The van der Waals surface area contributed by atoms with E-state index in [1.807, 2.05) is 6.07 Å². The lowest BCUT2D eigenvalue weighted by Gasteiger charge is -2.17. The van der Waals surface area contributed by atoms with Crippen molar-refractivity contribution in [2.24, 2.45) is 0 Å². The molecule has 0 amide bonds. The monoisotopic (exact) mass is 246 g/mol. The first kappa shape index (κ1) is 11.7. The summed E-state index contributed by atoms with van der Waals surface area (Å²) in [4.78, 5) is 5.74. The Morgan fingerprint density at radius 3 is 2.83 bits per heavy atom. The first-order valence-corrected chi connectivity index (χ1v) is 6.75. The van der Waals surface area contributed by atoms with Gasteiger partial charge in [-0.15, -0.1) is 0 Å². The molecule has 1 aromatic carbocycles. The molecule has 1 aliphatic carbocycles. The molecule has 2 atom stereocenters. The van der Waals surface area contributed by atoms with Gasteiger partial charge in [-0.25, -0.2) is 4.39 Å². The van der Waals surface area contributed by atoms with E-state index in [9.17, 15) is 4.39 Å². The Labute approximate surface area is 107 Å². The third-order valence-electron chi connectivity index (χ3n) is 4.11. The van der Waals surface area contributed by atoms with Crippen molar-refractivity contribution < 1.29 is 4.39 Å². The van der Waals surface area contributed by atoms with E-state index < -0.39 is 0 Å². The van der Waals surface area contributed by atoms with Crippen molar-refractivity contribution in [3.05, 3.63) is 35.8 Å². The average Bonchev–Trinajstić information content (AvgIpc) is 3.03. The number of hydrogen-bond donors (Lipinski definition) is 1. The number of benzene rings is 1. The summed E-state index contributed by atoms with van der Waals surface area (Å²) >= 11 is 0. The fourth-order valence-corrected chi connectivity index (χ4v) is 3.03. The zero-order valence-electron chi connectivity index (χ0n) is 10.9. The molecule has 18 heavy (non-hydrogen) atoms. The van der Waals surface area contributed by atoms with Gasteiger partial charge in [-0.3, -0.25) is 0 Å². The minimum Gasteiger partial charge on any atom is -0.361 e. The summed E-state index contributed by atoms with van der Waals surface area (Å²) in [7, 11) is 0. The van der Waals surface area contributed by atoms with E-state index in [0.29, 0.717) is 12.0 Å². The third-order valence-corrected chi connectivity index (χ3v) is 4.11. The molecule has 2 aromatic rings. The molecule has 2 nitrogen and oxygen atoms in total. The number of nitrogens with zero attached hydrogens (tertiary/aromatic N) is 1. The van der Waals surface area contributed by atoms with Gasteiger partial charge in [0.2, 0.25) is 0 Å². The molecular weight excluding hydrogens is 227 g/mol. The van der Waals surface area contributed by atoms with Crippen molar-refractivity contribution in [2.75, 3.05) is 13.1 Å². The average molecular weight is 246 g/mol. The van der Waals surface area contributed by atoms with Crippen LogP contribution >= 0.6 is 0 Å². The molecule has 0 spiro atoms. The highest BCUT2D eigenvalue weighted by Gasteiger charge is 2.42. The van der Waals surface area contributed by atoms with E-state index >= 15 is 0 Å². The van der Waals surface area contributed by atoms with Crippen LogP contribution in [0.5, 0.6) is 0 Å². The Bertz CT molecular complexity index is 557. The maximum Gasteiger partial charge on any atom is 0.123 e. The largest absolute Gasteiger partial charge is 0.361 e. The lowest BCUT2D eigenvalue weighted by atomic mass is 10.1. The topological polar surface area (TPSA) is 19.0 Å². The first-order chi connectivity index (χ1) is 8.74. The number of nitrogens with one attached hydrogen (secondary N) is 1.